The van der Waals surface area contributed by atoms with Crippen molar-refractivity contribution in [2.45, 2.75) is 24.8 Å². The van der Waals surface area contributed by atoms with E-state index in [9.17, 15) is 13.2 Å². The molecule has 3 aromatic rings. The number of nitrogens with one attached hydrogen (secondary N) is 1. The van der Waals surface area contributed by atoms with Crippen LogP contribution in [0.1, 0.15) is 28.4 Å². The largest absolute Gasteiger partial charge is 0.494 e. The highest BCUT2D eigenvalue weighted by Crippen LogP contribution is 2.25. The molecule has 7 heteroatoms. The zero-order valence-corrected chi connectivity index (χ0v) is 18.1. The van der Waals surface area contributed by atoms with E-state index in [1.807, 2.05) is 31.2 Å². The van der Waals surface area contributed by atoms with E-state index in [0.29, 0.717) is 31.8 Å². The Morgan fingerprint density at radius 3 is 2.48 bits per heavy atom. The van der Waals surface area contributed by atoms with Crippen LogP contribution < -0.4 is 10.1 Å². The standard InChI is InChI=1S/C24H24N2O4S/c1-2-30-22-12-10-21(11-13-22)25-24(27)19-8-5-9-23(16-19)31(28,29)26-15-14-18-6-3-4-7-20(18)17-26/h3-13,16H,2,14-15,17H2,1H3,(H,25,27). The molecule has 0 spiro atoms. The van der Waals surface area contributed by atoms with E-state index in [1.165, 1.54) is 22.0 Å². The van der Waals surface area contributed by atoms with E-state index in [-0.39, 0.29) is 16.4 Å². The second-order valence-corrected chi connectivity index (χ2v) is 9.23. The summed E-state index contributed by atoms with van der Waals surface area (Å²) in [4.78, 5) is 12.8. The second kappa shape index (κ2) is 8.91. The topological polar surface area (TPSA) is 75.7 Å². The van der Waals surface area contributed by atoms with Gasteiger partial charge in [0.05, 0.1) is 11.5 Å². The molecule has 1 heterocycles. The van der Waals surface area contributed by atoms with Gasteiger partial charge in [-0.05, 0) is 66.9 Å². The molecule has 0 aliphatic carbocycles. The van der Waals surface area contributed by atoms with Crippen LogP contribution in [0.15, 0.2) is 77.7 Å². The SMILES string of the molecule is CCOc1ccc(NC(=O)c2cccc(S(=O)(=O)N3CCc4ccccc4C3)c2)cc1. The Bertz CT molecular complexity index is 1190. The Labute approximate surface area is 182 Å². The number of ether oxygens (including phenoxy) is 1. The number of amides is 1. The number of anilines is 1. The van der Waals surface area contributed by atoms with E-state index in [4.69, 9.17) is 4.74 Å². The molecule has 0 saturated carbocycles. The predicted octanol–water partition coefficient (Wildman–Crippen LogP) is 4.08. The van der Waals surface area contributed by atoms with Crippen molar-refractivity contribution in [3.05, 3.63) is 89.5 Å². The maximum Gasteiger partial charge on any atom is 0.255 e. The molecular weight excluding hydrogens is 412 g/mol. The molecule has 1 N–H and O–H groups in total. The summed E-state index contributed by atoms with van der Waals surface area (Å²) < 4.78 is 33.3. The Kier molecular flexibility index (Phi) is 6.06. The Hall–Kier alpha value is -3.16. The lowest BCUT2D eigenvalue weighted by molar-refractivity contribution is 0.102. The fraction of sp³-hybridized carbons (Fsp3) is 0.208. The molecule has 0 aromatic heterocycles. The van der Waals surface area contributed by atoms with Gasteiger partial charge in [-0.25, -0.2) is 8.42 Å². The van der Waals surface area contributed by atoms with Gasteiger partial charge >= 0.3 is 0 Å². The molecule has 6 nitrogen and oxygen atoms in total. The summed E-state index contributed by atoms with van der Waals surface area (Å²) in [6.45, 7) is 3.22. The molecule has 3 aromatic carbocycles. The highest BCUT2D eigenvalue weighted by Gasteiger charge is 2.28. The molecular formula is C24H24N2O4S. The van der Waals surface area contributed by atoms with Gasteiger partial charge in [0.25, 0.3) is 5.91 Å². The van der Waals surface area contributed by atoms with E-state index in [0.717, 1.165) is 11.3 Å². The van der Waals surface area contributed by atoms with Gasteiger partial charge in [0.1, 0.15) is 5.75 Å². The van der Waals surface area contributed by atoms with Crippen molar-refractivity contribution in [3.8, 4) is 5.75 Å². The van der Waals surface area contributed by atoms with Crippen molar-refractivity contribution in [2.24, 2.45) is 0 Å². The first kappa shape index (κ1) is 21.1. The minimum atomic E-state index is -3.71. The predicted molar refractivity (Wildman–Crippen MR) is 120 cm³/mol. The quantitative estimate of drug-likeness (QED) is 0.632. The highest BCUT2D eigenvalue weighted by atomic mass is 32.2. The summed E-state index contributed by atoms with van der Waals surface area (Å²) in [5, 5.41) is 2.80. The lowest BCUT2D eigenvalue weighted by Crippen LogP contribution is -2.36. The van der Waals surface area contributed by atoms with Crippen molar-refractivity contribution in [2.75, 3.05) is 18.5 Å². The Morgan fingerprint density at radius 1 is 1.00 bits per heavy atom. The van der Waals surface area contributed by atoms with Gasteiger partial charge in [0, 0.05) is 24.3 Å². The number of nitrogens with zero attached hydrogens (tertiary/aromatic N) is 1. The first-order valence-electron chi connectivity index (χ1n) is 10.2. The summed E-state index contributed by atoms with van der Waals surface area (Å²) in [7, 11) is -3.71. The molecule has 1 aliphatic rings. The number of benzene rings is 3. The third-order valence-electron chi connectivity index (χ3n) is 5.25. The molecule has 31 heavy (non-hydrogen) atoms. The van der Waals surface area contributed by atoms with Crippen LogP contribution in [0.5, 0.6) is 5.75 Å². The third-order valence-corrected chi connectivity index (χ3v) is 7.09. The van der Waals surface area contributed by atoms with Crippen molar-refractivity contribution < 1.29 is 17.9 Å². The number of sulfonamides is 1. The van der Waals surface area contributed by atoms with Gasteiger partial charge in [-0.15, -0.1) is 0 Å². The molecule has 0 atom stereocenters. The summed E-state index contributed by atoms with van der Waals surface area (Å²) in [5.74, 6) is 0.349. The zero-order chi connectivity index (χ0) is 21.8. The number of fused-ring (bicyclic) bond motifs is 1. The van der Waals surface area contributed by atoms with Gasteiger partial charge in [-0.3, -0.25) is 4.79 Å². The third kappa shape index (κ3) is 4.62. The smallest absolute Gasteiger partial charge is 0.255 e. The van der Waals surface area contributed by atoms with Gasteiger partial charge < -0.3 is 10.1 Å². The number of carbonyl (C=O) groups excluding carboxylic acids is 1. The van der Waals surface area contributed by atoms with Crippen LogP contribution >= 0.6 is 0 Å². The van der Waals surface area contributed by atoms with Crippen molar-refractivity contribution in [3.63, 3.8) is 0 Å². The fourth-order valence-corrected chi connectivity index (χ4v) is 5.09. The lowest BCUT2D eigenvalue weighted by Gasteiger charge is -2.28. The molecule has 0 bridgehead atoms. The minimum Gasteiger partial charge on any atom is -0.494 e. The minimum absolute atomic E-state index is 0.117. The Balaban J connectivity index is 1.51. The molecule has 1 amide bonds. The number of hydrogen-bond donors (Lipinski definition) is 1. The molecule has 0 radical (unpaired) electrons. The zero-order valence-electron chi connectivity index (χ0n) is 17.2. The molecule has 0 unspecified atom stereocenters. The molecule has 160 valence electrons. The average Bonchev–Trinajstić information content (AvgIpc) is 2.80. The van der Waals surface area contributed by atoms with Gasteiger partial charge in [-0.2, -0.15) is 4.31 Å². The van der Waals surface area contributed by atoms with Crippen LogP contribution in [0.4, 0.5) is 5.69 Å². The van der Waals surface area contributed by atoms with Crippen molar-refractivity contribution in [1.29, 1.82) is 0 Å². The normalized spacial score (nSPS) is 14.0. The van der Waals surface area contributed by atoms with E-state index in [2.05, 4.69) is 5.32 Å². The maximum atomic E-state index is 13.2. The average molecular weight is 437 g/mol. The van der Waals surface area contributed by atoms with E-state index in [1.54, 1.807) is 36.4 Å². The molecule has 1 aliphatic heterocycles. The highest BCUT2D eigenvalue weighted by molar-refractivity contribution is 7.89. The van der Waals surface area contributed by atoms with Crippen LogP contribution in [0.2, 0.25) is 0 Å². The van der Waals surface area contributed by atoms with Gasteiger partial charge in [0.2, 0.25) is 10.0 Å². The summed E-state index contributed by atoms with van der Waals surface area (Å²) in [6.07, 6.45) is 0.674. The van der Waals surface area contributed by atoms with Crippen LogP contribution in [0.25, 0.3) is 0 Å². The Morgan fingerprint density at radius 2 is 1.74 bits per heavy atom. The van der Waals surface area contributed by atoms with Crippen molar-refractivity contribution in [1.82, 2.24) is 4.31 Å². The van der Waals surface area contributed by atoms with E-state index < -0.39 is 10.0 Å². The monoisotopic (exact) mass is 436 g/mol. The van der Waals surface area contributed by atoms with Gasteiger partial charge in [-0.1, -0.05) is 30.3 Å². The molecule has 4 rings (SSSR count). The summed E-state index contributed by atoms with van der Waals surface area (Å²) in [6, 6.07) is 21.1. The second-order valence-electron chi connectivity index (χ2n) is 7.30. The van der Waals surface area contributed by atoms with Crippen LogP contribution in [0.3, 0.4) is 0 Å². The fourth-order valence-electron chi connectivity index (χ4n) is 3.63. The van der Waals surface area contributed by atoms with Gasteiger partial charge in [0.15, 0.2) is 0 Å². The van der Waals surface area contributed by atoms with Crippen LogP contribution in [0, 0.1) is 0 Å². The summed E-state index contributed by atoms with van der Waals surface area (Å²) >= 11 is 0. The summed E-state index contributed by atoms with van der Waals surface area (Å²) in [5.41, 5.74) is 3.08. The van der Waals surface area contributed by atoms with Crippen molar-refractivity contribution >= 4 is 21.6 Å². The molecule has 0 fully saturated rings. The maximum absolute atomic E-state index is 13.2. The van der Waals surface area contributed by atoms with Crippen LogP contribution in [-0.4, -0.2) is 31.8 Å². The van der Waals surface area contributed by atoms with E-state index >= 15 is 0 Å². The first-order valence-corrected chi connectivity index (χ1v) is 11.6. The number of rotatable bonds is 6. The molecule has 0 saturated heterocycles. The lowest BCUT2D eigenvalue weighted by atomic mass is 10.0. The first-order chi connectivity index (χ1) is 15.0. The number of carbonyl (C=O) groups is 1. The number of hydrogen-bond acceptors (Lipinski definition) is 4. The van der Waals surface area contributed by atoms with Crippen LogP contribution in [-0.2, 0) is 23.0 Å².